The van der Waals surface area contributed by atoms with Crippen LogP contribution in [0.2, 0.25) is 0 Å². The third-order valence-corrected chi connectivity index (χ3v) is 1.69. The van der Waals surface area contributed by atoms with Crippen molar-refractivity contribution in [1.29, 1.82) is 0 Å². The van der Waals surface area contributed by atoms with Crippen LogP contribution in [0, 0.1) is 12.3 Å². The second-order valence-electron chi connectivity index (χ2n) is 2.59. The summed E-state index contributed by atoms with van der Waals surface area (Å²) in [5.41, 5.74) is 2.72. The number of ether oxygens (including phenoxy) is 1. The largest absolute Gasteiger partial charge is 0.382 e. The number of hydrogen-bond donors (Lipinski definition) is 2. The van der Waals surface area contributed by atoms with Crippen LogP contribution in [0.15, 0.2) is 0 Å². The normalized spacial score (nSPS) is 12.4. The monoisotopic (exact) mass is 170 g/mol. The predicted molar refractivity (Wildman–Crippen MR) is 50.3 cm³/mol. The third-order valence-electron chi connectivity index (χ3n) is 1.69. The van der Waals surface area contributed by atoms with Crippen LogP contribution >= 0.6 is 0 Å². The molecule has 0 saturated carbocycles. The van der Waals surface area contributed by atoms with Gasteiger partial charge in [0, 0.05) is 25.7 Å². The van der Waals surface area contributed by atoms with Crippen molar-refractivity contribution in [3.8, 4) is 12.3 Å². The molecule has 0 radical (unpaired) electrons. The number of terminal acetylenes is 1. The molecular weight excluding hydrogens is 152 g/mol. The Morgan fingerprint density at radius 2 is 2.33 bits per heavy atom. The number of hydrogen-bond acceptors (Lipinski definition) is 3. The van der Waals surface area contributed by atoms with E-state index in [-0.39, 0.29) is 6.04 Å². The van der Waals surface area contributed by atoms with Gasteiger partial charge in [-0.05, 0) is 19.8 Å². The van der Waals surface area contributed by atoms with E-state index in [1.807, 2.05) is 6.92 Å². The summed E-state index contributed by atoms with van der Waals surface area (Å²) < 4.78 is 5.20. The molecule has 0 amide bonds. The van der Waals surface area contributed by atoms with Crippen molar-refractivity contribution < 1.29 is 4.74 Å². The average Bonchev–Trinajstić information content (AvgIpc) is 2.11. The molecular formula is C9H18N2O. The maximum Gasteiger partial charge on any atom is 0.0481 e. The van der Waals surface area contributed by atoms with Crippen LogP contribution in [0.5, 0.6) is 0 Å². The highest BCUT2D eigenvalue weighted by Crippen LogP contribution is 2.00. The van der Waals surface area contributed by atoms with E-state index in [0.29, 0.717) is 0 Å². The summed E-state index contributed by atoms with van der Waals surface area (Å²) in [5, 5.41) is 0. The maximum atomic E-state index is 5.32. The van der Waals surface area contributed by atoms with E-state index < -0.39 is 0 Å². The van der Waals surface area contributed by atoms with Crippen LogP contribution in [-0.4, -0.2) is 19.3 Å². The van der Waals surface area contributed by atoms with Gasteiger partial charge in [0.25, 0.3) is 0 Å². The van der Waals surface area contributed by atoms with E-state index in [9.17, 15) is 0 Å². The van der Waals surface area contributed by atoms with Crippen LogP contribution in [0.3, 0.4) is 0 Å². The van der Waals surface area contributed by atoms with Gasteiger partial charge in [0.05, 0.1) is 0 Å². The zero-order valence-corrected chi connectivity index (χ0v) is 7.68. The molecule has 3 nitrogen and oxygen atoms in total. The van der Waals surface area contributed by atoms with Gasteiger partial charge in [0.2, 0.25) is 0 Å². The molecule has 0 fully saturated rings. The molecule has 70 valence electrons. The molecule has 3 heteroatoms. The molecule has 0 rings (SSSR count). The minimum atomic E-state index is 0.285. The minimum absolute atomic E-state index is 0.285. The highest BCUT2D eigenvalue weighted by molar-refractivity contribution is 4.85. The maximum absolute atomic E-state index is 5.32. The highest BCUT2D eigenvalue weighted by Gasteiger charge is 2.04. The Kier molecular flexibility index (Phi) is 8.14. The first-order valence-electron chi connectivity index (χ1n) is 4.32. The van der Waals surface area contributed by atoms with Gasteiger partial charge in [0.15, 0.2) is 0 Å². The summed E-state index contributed by atoms with van der Waals surface area (Å²) in [5.74, 6) is 7.91. The van der Waals surface area contributed by atoms with Crippen molar-refractivity contribution in [3.63, 3.8) is 0 Å². The number of hydrazine groups is 1. The van der Waals surface area contributed by atoms with E-state index >= 15 is 0 Å². The zero-order valence-electron chi connectivity index (χ0n) is 7.68. The molecule has 0 spiro atoms. The summed E-state index contributed by atoms with van der Waals surface area (Å²) in [6.45, 7) is 3.48. The Morgan fingerprint density at radius 3 is 2.83 bits per heavy atom. The van der Waals surface area contributed by atoms with Crippen LogP contribution in [0.4, 0.5) is 0 Å². The second kappa shape index (κ2) is 8.54. The van der Waals surface area contributed by atoms with Crippen LogP contribution in [0.1, 0.15) is 26.2 Å². The standard InChI is InChI=1S/C9H18N2O/c1-3-5-6-9(11-10)7-8-12-4-2/h1,9,11H,4-8,10H2,2H3. The molecule has 0 aromatic rings. The summed E-state index contributed by atoms with van der Waals surface area (Å²) in [6.07, 6.45) is 7.74. The number of nitrogens with two attached hydrogens (primary N) is 1. The zero-order chi connectivity index (χ0) is 9.23. The van der Waals surface area contributed by atoms with Gasteiger partial charge in [-0.3, -0.25) is 11.3 Å². The summed E-state index contributed by atoms with van der Waals surface area (Å²) in [6, 6.07) is 0.285. The van der Waals surface area contributed by atoms with E-state index in [0.717, 1.165) is 32.5 Å². The molecule has 1 unspecified atom stereocenters. The predicted octanol–water partition coefficient (Wildman–Crippen LogP) is 0.658. The van der Waals surface area contributed by atoms with Gasteiger partial charge < -0.3 is 4.74 Å². The van der Waals surface area contributed by atoms with Crippen molar-refractivity contribution >= 4 is 0 Å². The quantitative estimate of drug-likeness (QED) is 0.255. The van der Waals surface area contributed by atoms with E-state index in [2.05, 4.69) is 11.3 Å². The molecule has 0 bridgehead atoms. The number of rotatable bonds is 7. The lowest BCUT2D eigenvalue weighted by atomic mass is 10.1. The minimum Gasteiger partial charge on any atom is -0.382 e. The van der Waals surface area contributed by atoms with E-state index in [1.165, 1.54) is 0 Å². The molecule has 12 heavy (non-hydrogen) atoms. The Balaban J connectivity index is 3.34. The molecule has 0 aliphatic rings. The van der Waals surface area contributed by atoms with Gasteiger partial charge in [-0.1, -0.05) is 0 Å². The SMILES string of the molecule is C#CCCC(CCOCC)NN. The molecule has 0 aliphatic heterocycles. The Hall–Kier alpha value is -0.560. The topological polar surface area (TPSA) is 47.3 Å². The summed E-state index contributed by atoms with van der Waals surface area (Å²) in [7, 11) is 0. The lowest BCUT2D eigenvalue weighted by molar-refractivity contribution is 0.135. The van der Waals surface area contributed by atoms with Crippen LogP contribution < -0.4 is 11.3 Å². The van der Waals surface area contributed by atoms with Crippen molar-refractivity contribution in [3.05, 3.63) is 0 Å². The fourth-order valence-electron chi connectivity index (χ4n) is 0.938. The highest BCUT2D eigenvalue weighted by atomic mass is 16.5. The van der Waals surface area contributed by atoms with Crippen molar-refractivity contribution in [2.24, 2.45) is 5.84 Å². The molecule has 0 aromatic carbocycles. The fraction of sp³-hybridized carbons (Fsp3) is 0.778. The van der Waals surface area contributed by atoms with Gasteiger partial charge in [0.1, 0.15) is 0 Å². The first kappa shape index (κ1) is 11.4. The lowest BCUT2D eigenvalue weighted by Crippen LogP contribution is -2.35. The molecule has 0 saturated heterocycles. The number of nitrogens with one attached hydrogen (secondary N) is 1. The molecule has 3 N–H and O–H groups in total. The van der Waals surface area contributed by atoms with E-state index in [4.69, 9.17) is 17.0 Å². The van der Waals surface area contributed by atoms with E-state index in [1.54, 1.807) is 0 Å². The average molecular weight is 170 g/mol. The third kappa shape index (κ3) is 6.17. The van der Waals surface area contributed by atoms with Crippen molar-refractivity contribution in [2.75, 3.05) is 13.2 Å². The molecule has 1 atom stereocenters. The molecule has 0 aromatic heterocycles. The van der Waals surface area contributed by atoms with Crippen molar-refractivity contribution in [1.82, 2.24) is 5.43 Å². The Labute approximate surface area is 74.6 Å². The molecule has 0 aliphatic carbocycles. The lowest BCUT2D eigenvalue weighted by Gasteiger charge is -2.13. The smallest absolute Gasteiger partial charge is 0.0481 e. The van der Waals surface area contributed by atoms with Gasteiger partial charge in [-0.25, -0.2) is 0 Å². The van der Waals surface area contributed by atoms with Crippen LogP contribution in [0.25, 0.3) is 0 Å². The second-order valence-corrected chi connectivity index (χ2v) is 2.59. The van der Waals surface area contributed by atoms with Crippen LogP contribution in [-0.2, 0) is 4.74 Å². The first-order chi connectivity index (χ1) is 5.85. The van der Waals surface area contributed by atoms with Gasteiger partial charge in [-0.2, -0.15) is 0 Å². The fourth-order valence-corrected chi connectivity index (χ4v) is 0.938. The summed E-state index contributed by atoms with van der Waals surface area (Å²) in [4.78, 5) is 0. The molecule has 0 heterocycles. The first-order valence-corrected chi connectivity index (χ1v) is 4.32. The van der Waals surface area contributed by atoms with Gasteiger partial charge in [-0.15, -0.1) is 12.3 Å². The Bertz CT molecular complexity index is 131. The van der Waals surface area contributed by atoms with Gasteiger partial charge >= 0.3 is 0 Å². The Morgan fingerprint density at radius 1 is 1.58 bits per heavy atom. The summed E-state index contributed by atoms with van der Waals surface area (Å²) >= 11 is 0. The van der Waals surface area contributed by atoms with Crippen molar-refractivity contribution in [2.45, 2.75) is 32.2 Å².